The summed E-state index contributed by atoms with van der Waals surface area (Å²) in [5, 5.41) is 6.63. The predicted molar refractivity (Wildman–Crippen MR) is 67.8 cm³/mol. The van der Waals surface area contributed by atoms with Crippen molar-refractivity contribution in [2.24, 2.45) is 5.41 Å². The number of hydrogen-bond donors (Lipinski definition) is 2. The van der Waals surface area contributed by atoms with Gasteiger partial charge in [-0.25, -0.2) is 0 Å². The summed E-state index contributed by atoms with van der Waals surface area (Å²) in [4.78, 5) is 12.0. The van der Waals surface area contributed by atoms with Crippen molar-refractivity contribution >= 4 is 18.3 Å². The minimum absolute atomic E-state index is 0. The second-order valence-corrected chi connectivity index (χ2v) is 5.18. The van der Waals surface area contributed by atoms with E-state index < -0.39 is 0 Å². The van der Waals surface area contributed by atoms with E-state index in [0.29, 0.717) is 18.0 Å². The smallest absolute Gasteiger partial charge is 0.226 e. The number of carbonyl (C=O) groups excluding carboxylic acids is 1. The van der Waals surface area contributed by atoms with Crippen LogP contribution in [0.5, 0.6) is 0 Å². The van der Waals surface area contributed by atoms with E-state index in [0.717, 1.165) is 38.6 Å². The third kappa shape index (κ3) is 2.89. The monoisotopic (exact) mass is 246 g/mol. The Labute approximate surface area is 104 Å². The van der Waals surface area contributed by atoms with Crippen LogP contribution >= 0.6 is 12.4 Å². The van der Waals surface area contributed by atoms with E-state index >= 15 is 0 Å². The molecule has 1 heterocycles. The van der Waals surface area contributed by atoms with Crippen molar-refractivity contribution < 1.29 is 4.79 Å². The van der Waals surface area contributed by atoms with Crippen molar-refractivity contribution in [2.75, 3.05) is 6.54 Å². The van der Waals surface area contributed by atoms with E-state index in [9.17, 15) is 4.79 Å². The van der Waals surface area contributed by atoms with Crippen molar-refractivity contribution in [2.45, 2.75) is 58.0 Å². The molecule has 2 atom stereocenters. The Bertz CT molecular complexity index is 253. The Morgan fingerprint density at radius 2 is 2.19 bits per heavy atom. The maximum absolute atomic E-state index is 12.0. The molecule has 0 aromatic rings. The highest BCUT2D eigenvalue weighted by Crippen LogP contribution is 2.48. The Kier molecular flexibility index (Phi) is 4.62. The van der Waals surface area contributed by atoms with Crippen LogP contribution < -0.4 is 10.6 Å². The van der Waals surface area contributed by atoms with E-state index in [1.165, 1.54) is 0 Å². The molecule has 2 rings (SSSR count). The zero-order valence-corrected chi connectivity index (χ0v) is 11.0. The molecule has 0 aromatic heterocycles. The Hall–Kier alpha value is -0.280. The summed E-state index contributed by atoms with van der Waals surface area (Å²) < 4.78 is 0. The highest BCUT2D eigenvalue weighted by atomic mass is 35.5. The standard InChI is InChI=1S/C12H22N2O.ClH/c1-3-12(5-6-12)11(15)14-10-4-7-13-9(2)8-10;/h9-10,13H,3-8H2,1-2H3,(H,14,15);1H. The van der Waals surface area contributed by atoms with Crippen LogP contribution in [-0.2, 0) is 4.79 Å². The maximum atomic E-state index is 12.0. The lowest BCUT2D eigenvalue weighted by molar-refractivity contribution is -0.127. The number of rotatable bonds is 3. The van der Waals surface area contributed by atoms with Crippen LogP contribution in [0.25, 0.3) is 0 Å². The molecule has 4 heteroatoms. The Morgan fingerprint density at radius 1 is 1.50 bits per heavy atom. The van der Waals surface area contributed by atoms with Crippen LogP contribution in [0.4, 0.5) is 0 Å². The first-order chi connectivity index (χ1) is 7.16. The SMILES string of the molecule is CCC1(C(=O)NC2CCNC(C)C2)CC1.Cl. The van der Waals surface area contributed by atoms with Crippen LogP contribution in [0.2, 0.25) is 0 Å². The van der Waals surface area contributed by atoms with E-state index in [1.807, 2.05) is 0 Å². The molecule has 0 radical (unpaired) electrons. The lowest BCUT2D eigenvalue weighted by Gasteiger charge is -2.29. The van der Waals surface area contributed by atoms with Gasteiger partial charge in [-0.3, -0.25) is 4.79 Å². The Morgan fingerprint density at radius 3 is 2.69 bits per heavy atom. The number of nitrogens with one attached hydrogen (secondary N) is 2. The van der Waals surface area contributed by atoms with Crippen LogP contribution in [0.1, 0.15) is 46.0 Å². The Balaban J connectivity index is 0.00000128. The first-order valence-electron chi connectivity index (χ1n) is 6.20. The minimum atomic E-state index is 0. The molecule has 2 N–H and O–H groups in total. The molecule has 3 nitrogen and oxygen atoms in total. The van der Waals surface area contributed by atoms with Gasteiger partial charge in [0.05, 0.1) is 0 Å². The fourth-order valence-electron chi connectivity index (χ4n) is 2.49. The summed E-state index contributed by atoms with van der Waals surface area (Å²) in [6.07, 6.45) is 5.34. The van der Waals surface area contributed by atoms with Gasteiger partial charge in [0.25, 0.3) is 0 Å². The summed E-state index contributed by atoms with van der Waals surface area (Å²) >= 11 is 0. The van der Waals surface area contributed by atoms with Gasteiger partial charge in [0.15, 0.2) is 0 Å². The highest BCUT2D eigenvalue weighted by Gasteiger charge is 2.48. The summed E-state index contributed by atoms with van der Waals surface area (Å²) in [6.45, 7) is 5.34. The van der Waals surface area contributed by atoms with Crippen molar-refractivity contribution in [3.8, 4) is 0 Å². The summed E-state index contributed by atoms with van der Waals surface area (Å²) in [5.41, 5.74) is 0.0219. The lowest BCUT2D eigenvalue weighted by atomic mass is 9.97. The summed E-state index contributed by atoms with van der Waals surface area (Å²) in [6, 6.07) is 0.943. The van der Waals surface area contributed by atoms with Gasteiger partial charge in [0.1, 0.15) is 0 Å². The lowest BCUT2D eigenvalue weighted by Crippen LogP contribution is -2.48. The van der Waals surface area contributed by atoms with Gasteiger partial charge in [-0.15, -0.1) is 12.4 Å². The molecule has 94 valence electrons. The molecule has 0 bridgehead atoms. The highest BCUT2D eigenvalue weighted by molar-refractivity contribution is 5.85. The second kappa shape index (κ2) is 5.37. The van der Waals surface area contributed by atoms with Gasteiger partial charge in [-0.1, -0.05) is 6.92 Å². The molecule has 1 aliphatic heterocycles. The normalized spacial score (nSPS) is 31.4. The van der Waals surface area contributed by atoms with Gasteiger partial charge in [-0.2, -0.15) is 0 Å². The molecule has 2 unspecified atom stereocenters. The predicted octanol–water partition coefficient (Wildman–Crippen LogP) is 1.86. The van der Waals surface area contributed by atoms with Crippen molar-refractivity contribution in [1.82, 2.24) is 10.6 Å². The number of piperidine rings is 1. The fraction of sp³-hybridized carbons (Fsp3) is 0.917. The minimum Gasteiger partial charge on any atom is -0.353 e. The third-order valence-electron chi connectivity index (χ3n) is 3.97. The van der Waals surface area contributed by atoms with Gasteiger partial charge in [0.2, 0.25) is 5.91 Å². The number of amides is 1. The molecule has 1 aliphatic carbocycles. The van der Waals surface area contributed by atoms with Gasteiger partial charge in [0, 0.05) is 17.5 Å². The molecule has 0 aromatic carbocycles. The van der Waals surface area contributed by atoms with E-state index in [1.54, 1.807) is 0 Å². The van der Waals surface area contributed by atoms with Crippen LogP contribution in [0.3, 0.4) is 0 Å². The molecule has 2 aliphatic rings. The second-order valence-electron chi connectivity index (χ2n) is 5.18. The van der Waals surface area contributed by atoms with Crippen LogP contribution in [0.15, 0.2) is 0 Å². The van der Waals surface area contributed by atoms with E-state index in [4.69, 9.17) is 0 Å². The van der Waals surface area contributed by atoms with Gasteiger partial charge < -0.3 is 10.6 Å². The molecular formula is C12H23ClN2O. The molecular weight excluding hydrogens is 224 g/mol. The zero-order valence-electron chi connectivity index (χ0n) is 10.2. The van der Waals surface area contributed by atoms with E-state index in [2.05, 4.69) is 24.5 Å². The number of hydrogen-bond acceptors (Lipinski definition) is 2. The quantitative estimate of drug-likeness (QED) is 0.798. The average molecular weight is 247 g/mol. The third-order valence-corrected chi connectivity index (χ3v) is 3.97. The fourth-order valence-corrected chi connectivity index (χ4v) is 2.49. The topological polar surface area (TPSA) is 41.1 Å². The molecule has 2 fully saturated rings. The molecule has 16 heavy (non-hydrogen) atoms. The van der Waals surface area contributed by atoms with Gasteiger partial charge in [-0.05, 0) is 45.6 Å². The molecule has 1 saturated carbocycles. The summed E-state index contributed by atoms with van der Waals surface area (Å²) in [7, 11) is 0. The average Bonchev–Trinajstić information content (AvgIpc) is 2.98. The van der Waals surface area contributed by atoms with E-state index in [-0.39, 0.29) is 17.8 Å². The van der Waals surface area contributed by atoms with Crippen LogP contribution in [0, 0.1) is 5.41 Å². The van der Waals surface area contributed by atoms with Gasteiger partial charge >= 0.3 is 0 Å². The molecule has 1 saturated heterocycles. The van der Waals surface area contributed by atoms with Crippen molar-refractivity contribution in [3.05, 3.63) is 0 Å². The van der Waals surface area contributed by atoms with Crippen LogP contribution in [-0.4, -0.2) is 24.5 Å². The molecule has 0 spiro atoms. The largest absolute Gasteiger partial charge is 0.353 e. The molecule has 1 amide bonds. The maximum Gasteiger partial charge on any atom is 0.226 e. The summed E-state index contributed by atoms with van der Waals surface area (Å²) in [5.74, 6) is 0.309. The first-order valence-corrected chi connectivity index (χ1v) is 6.20. The van der Waals surface area contributed by atoms with Crippen molar-refractivity contribution in [3.63, 3.8) is 0 Å². The first kappa shape index (κ1) is 13.8. The number of carbonyl (C=O) groups is 1. The zero-order chi connectivity index (χ0) is 10.9. The number of halogens is 1. The van der Waals surface area contributed by atoms with Crippen molar-refractivity contribution in [1.29, 1.82) is 0 Å².